The summed E-state index contributed by atoms with van der Waals surface area (Å²) < 4.78 is 12.9. The number of halogens is 1. The predicted molar refractivity (Wildman–Crippen MR) is 72.4 cm³/mol. The summed E-state index contributed by atoms with van der Waals surface area (Å²) in [5.74, 6) is 0.964. The van der Waals surface area contributed by atoms with E-state index in [1.54, 1.807) is 24.1 Å². The molecule has 1 aliphatic heterocycles. The molecule has 3 unspecified atom stereocenters. The predicted octanol–water partition coefficient (Wildman–Crippen LogP) is 2.18. The second-order valence-corrected chi connectivity index (χ2v) is 5.61. The van der Waals surface area contributed by atoms with Crippen LogP contribution < -0.4 is 10.2 Å². The second-order valence-electron chi connectivity index (χ2n) is 5.61. The standard InChI is InChI=1S/C15H19FN2O/c1-18(12-7-5-11(16)6-8-12)15(19)14-13-4-2-3-10(13)9-17-14/h5-8,10,13-14,17H,2-4,9H2,1H3. The Labute approximate surface area is 112 Å². The smallest absolute Gasteiger partial charge is 0.244 e. The van der Waals surface area contributed by atoms with Crippen molar-refractivity contribution in [3.05, 3.63) is 30.1 Å². The van der Waals surface area contributed by atoms with E-state index in [0.29, 0.717) is 11.8 Å². The Morgan fingerprint density at radius 1 is 1.32 bits per heavy atom. The number of hydrogen-bond acceptors (Lipinski definition) is 2. The lowest BCUT2D eigenvalue weighted by Crippen LogP contribution is -2.44. The average Bonchev–Trinajstić information content (AvgIpc) is 3.00. The highest BCUT2D eigenvalue weighted by molar-refractivity contribution is 5.97. The number of anilines is 1. The van der Waals surface area contributed by atoms with Crippen molar-refractivity contribution in [1.82, 2.24) is 5.32 Å². The van der Waals surface area contributed by atoms with Gasteiger partial charge in [0.05, 0.1) is 6.04 Å². The maximum absolute atomic E-state index is 12.9. The van der Waals surface area contributed by atoms with Crippen molar-refractivity contribution in [2.75, 3.05) is 18.5 Å². The van der Waals surface area contributed by atoms with Crippen LogP contribution in [-0.2, 0) is 4.79 Å². The second kappa shape index (κ2) is 4.93. The highest BCUT2D eigenvalue weighted by atomic mass is 19.1. The van der Waals surface area contributed by atoms with Gasteiger partial charge in [-0.2, -0.15) is 0 Å². The summed E-state index contributed by atoms with van der Waals surface area (Å²) in [4.78, 5) is 14.2. The summed E-state index contributed by atoms with van der Waals surface area (Å²) in [6, 6.07) is 6.00. The molecule has 0 radical (unpaired) electrons. The van der Waals surface area contributed by atoms with Crippen LogP contribution in [0.25, 0.3) is 0 Å². The third kappa shape index (κ3) is 2.25. The van der Waals surface area contributed by atoms with Crippen LogP contribution in [0.2, 0.25) is 0 Å². The lowest BCUT2D eigenvalue weighted by atomic mass is 9.93. The molecule has 1 N–H and O–H groups in total. The summed E-state index contributed by atoms with van der Waals surface area (Å²) in [6.45, 7) is 0.957. The average molecular weight is 262 g/mol. The van der Waals surface area contributed by atoms with Gasteiger partial charge in [-0.25, -0.2) is 4.39 Å². The van der Waals surface area contributed by atoms with Gasteiger partial charge in [0.15, 0.2) is 0 Å². The number of fused-ring (bicyclic) bond motifs is 1. The Balaban J connectivity index is 1.74. The number of rotatable bonds is 2. The van der Waals surface area contributed by atoms with E-state index in [1.807, 2.05) is 0 Å². The molecule has 3 atom stereocenters. The summed E-state index contributed by atoms with van der Waals surface area (Å²) in [5.41, 5.74) is 0.745. The van der Waals surface area contributed by atoms with Gasteiger partial charge in [0.1, 0.15) is 5.82 Å². The molecule has 1 aromatic carbocycles. The van der Waals surface area contributed by atoms with Crippen LogP contribution in [-0.4, -0.2) is 25.5 Å². The van der Waals surface area contributed by atoms with Crippen molar-refractivity contribution in [1.29, 1.82) is 0 Å². The Bertz CT molecular complexity index is 474. The first-order valence-corrected chi connectivity index (χ1v) is 6.93. The zero-order valence-corrected chi connectivity index (χ0v) is 11.1. The molecule has 1 aromatic rings. The quantitative estimate of drug-likeness (QED) is 0.886. The monoisotopic (exact) mass is 262 g/mol. The Kier molecular flexibility index (Phi) is 3.27. The van der Waals surface area contributed by atoms with Crippen molar-refractivity contribution in [2.45, 2.75) is 25.3 Å². The Morgan fingerprint density at radius 2 is 2.05 bits per heavy atom. The van der Waals surface area contributed by atoms with Crippen molar-refractivity contribution in [2.24, 2.45) is 11.8 Å². The number of benzene rings is 1. The molecule has 1 aliphatic carbocycles. The van der Waals surface area contributed by atoms with Crippen LogP contribution in [0, 0.1) is 17.7 Å². The van der Waals surface area contributed by atoms with Gasteiger partial charge in [-0.3, -0.25) is 4.79 Å². The summed E-state index contributed by atoms with van der Waals surface area (Å²) in [6.07, 6.45) is 3.62. The number of hydrogen-bond donors (Lipinski definition) is 1. The van der Waals surface area contributed by atoms with Crippen molar-refractivity contribution in [3.8, 4) is 0 Å². The first-order valence-electron chi connectivity index (χ1n) is 6.93. The SMILES string of the molecule is CN(C(=O)C1NCC2CCCC21)c1ccc(F)cc1. The van der Waals surface area contributed by atoms with Crippen LogP contribution in [0.15, 0.2) is 24.3 Å². The number of amides is 1. The van der Waals surface area contributed by atoms with E-state index in [-0.39, 0.29) is 17.8 Å². The summed E-state index contributed by atoms with van der Waals surface area (Å²) in [7, 11) is 1.76. The van der Waals surface area contributed by atoms with E-state index >= 15 is 0 Å². The van der Waals surface area contributed by atoms with Gasteiger partial charge < -0.3 is 10.2 Å². The molecule has 0 spiro atoms. The lowest BCUT2D eigenvalue weighted by Gasteiger charge is -2.24. The topological polar surface area (TPSA) is 32.3 Å². The third-order valence-corrected chi connectivity index (χ3v) is 4.56. The Hall–Kier alpha value is -1.42. The first-order chi connectivity index (χ1) is 9.16. The van der Waals surface area contributed by atoms with Gasteiger partial charge in [-0.1, -0.05) is 6.42 Å². The summed E-state index contributed by atoms with van der Waals surface area (Å²) in [5, 5.41) is 3.36. The molecule has 0 bridgehead atoms. The number of likely N-dealkylation sites (N-methyl/N-ethyl adjacent to an activating group) is 1. The molecule has 19 heavy (non-hydrogen) atoms. The van der Waals surface area contributed by atoms with Crippen LogP contribution in [0.3, 0.4) is 0 Å². The molecule has 3 nitrogen and oxygen atoms in total. The molecule has 1 saturated heterocycles. The van der Waals surface area contributed by atoms with E-state index in [4.69, 9.17) is 0 Å². The van der Waals surface area contributed by atoms with E-state index in [2.05, 4.69) is 5.32 Å². The van der Waals surface area contributed by atoms with Gasteiger partial charge in [0, 0.05) is 12.7 Å². The molecular weight excluding hydrogens is 243 g/mol. The molecule has 1 saturated carbocycles. The molecule has 1 heterocycles. The molecule has 102 valence electrons. The fraction of sp³-hybridized carbons (Fsp3) is 0.533. The fourth-order valence-corrected chi connectivity index (χ4v) is 3.46. The number of nitrogens with one attached hydrogen (secondary N) is 1. The number of carbonyl (C=O) groups excluding carboxylic acids is 1. The highest BCUT2D eigenvalue weighted by Crippen LogP contribution is 2.38. The fourth-order valence-electron chi connectivity index (χ4n) is 3.46. The highest BCUT2D eigenvalue weighted by Gasteiger charge is 2.43. The van der Waals surface area contributed by atoms with E-state index in [9.17, 15) is 9.18 Å². The molecule has 4 heteroatoms. The molecule has 2 aliphatic rings. The zero-order valence-electron chi connectivity index (χ0n) is 11.1. The molecule has 3 rings (SSSR count). The largest absolute Gasteiger partial charge is 0.314 e. The molecular formula is C15H19FN2O. The van der Waals surface area contributed by atoms with Crippen LogP contribution >= 0.6 is 0 Å². The zero-order chi connectivity index (χ0) is 13.4. The minimum Gasteiger partial charge on any atom is -0.314 e. The number of nitrogens with zero attached hydrogens (tertiary/aromatic N) is 1. The maximum atomic E-state index is 12.9. The molecule has 0 aromatic heterocycles. The minimum absolute atomic E-state index is 0.0671. The third-order valence-electron chi connectivity index (χ3n) is 4.56. The van der Waals surface area contributed by atoms with Crippen molar-refractivity contribution >= 4 is 11.6 Å². The lowest BCUT2D eigenvalue weighted by molar-refractivity contribution is -0.120. The van der Waals surface area contributed by atoms with Crippen molar-refractivity contribution in [3.63, 3.8) is 0 Å². The van der Waals surface area contributed by atoms with E-state index in [1.165, 1.54) is 25.0 Å². The molecule has 2 fully saturated rings. The minimum atomic E-state index is -0.278. The van der Waals surface area contributed by atoms with Crippen LogP contribution in [0.4, 0.5) is 10.1 Å². The normalized spacial score (nSPS) is 29.3. The Morgan fingerprint density at radius 3 is 2.79 bits per heavy atom. The van der Waals surface area contributed by atoms with Gasteiger partial charge in [-0.05, 0) is 55.5 Å². The first kappa shape index (κ1) is 12.6. The van der Waals surface area contributed by atoms with E-state index < -0.39 is 0 Å². The van der Waals surface area contributed by atoms with Gasteiger partial charge in [0.25, 0.3) is 0 Å². The van der Waals surface area contributed by atoms with E-state index in [0.717, 1.165) is 18.7 Å². The maximum Gasteiger partial charge on any atom is 0.244 e. The van der Waals surface area contributed by atoms with Crippen LogP contribution in [0.5, 0.6) is 0 Å². The summed E-state index contributed by atoms with van der Waals surface area (Å²) >= 11 is 0. The van der Waals surface area contributed by atoms with Crippen LogP contribution in [0.1, 0.15) is 19.3 Å². The molecule has 1 amide bonds. The van der Waals surface area contributed by atoms with Crippen molar-refractivity contribution < 1.29 is 9.18 Å². The van der Waals surface area contributed by atoms with Gasteiger partial charge in [-0.15, -0.1) is 0 Å². The van der Waals surface area contributed by atoms with Gasteiger partial charge in [0.2, 0.25) is 5.91 Å². The number of carbonyl (C=O) groups is 1. The van der Waals surface area contributed by atoms with Gasteiger partial charge >= 0.3 is 0 Å².